The largest absolute Gasteiger partial charge is 0.497 e. The van der Waals surface area contributed by atoms with Crippen molar-refractivity contribution in [1.29, 1.82) is 0 Å². The Balaban J connectivity index is 1.75. The fourth-order valence-corrected chi connectivity index (χ4v) is 2.78. The smallest absolute Gasteiger partial charge is 0.420 e. The number of nitrogens with one attached hydrogen (secondary N) is 1. The molecule has 0 radical (unpaired) electrons. The van der Waals surface area contributed by atoms with E-state index < -0.39 is 11.6 Å². The van der Waals surface area contributed by atoms with Gasteiger partial charge in [0.1, 0.15) is 11.3 Å². The lowest BCUT2D eigenvalue weighted by Gasteiger charge is -2.06. The van der Waals surface area contributed by atoms with Crippen LogP contribution in [-0.4, -0.2) is 32.3 Å². The number of hydrogen-bond donors (Lipinski definition) is 1. The van der Waals surface area contributed by atoms with Gasteiger partial charge in [-0.2, -0.15) is 5.21 Å². The minimum Gasteiger partial charge on any atom is -0.497 e. The Morgan fingerprint density at radius 3 is 2.73 bits per heavy atom. The van der Waals surface area contributed by atoms with Gasteiger partial charge in [0.15, 0.2) is 17.2 Å². The number of methoxy groups -OCH3 is 1. The van der Waals surface area contributed by atoms with Gasteiger partial charge in [-0.25, -0.2) is 9.18 Å². The number of rotatable bonds is 5. The first-order chi connectivity index (χ1) is 12.7. The lowest BCUT2D eigenvalue weighted by Crippen LogP contribution is -2.15. The second-order valence-electron chi connectivity index (χ2n) is 5.69. The molecule has 1 N–H and O–H groups in total. The van der Waals surface area contributed by atoms with Gasteiger partial charge in [-0.15, -0.1) is 10.2 Å². The Morgan fingerprint density at radius 2 is 2.04 bits per heavy atom. The Morgan fingerprint density at radius 1 is 1.23 bits per heavy atom. The second kappa shape index (κ2) is 6.43. The van der Waals surface area contributed by atoms with Crippen LogP contribution >= 0.6 is 0 Å². The molecule has 0 aliphatic heterocycles. The van der Waals surface area contributed by atoms with Gasteiger partial charge in [0.2, 0.25) is 0 Å². The summed E-state index contributed by atoms with van der Waals surface area (Å²) in [5.74, 6) is -0.0967. The predicted octanol–water partition coefficient (Wildman–Crippen LogP) is 1.89. The molecular formula is C17H14FN5O3. The van der Waals surface area contributed by atoms with E-state index in [-0.39, 0.29) is 24.1 Å². The normalized spacial score (nSPS) is 11.2. The van der Waals surface area contributed by atoms with E-state index in [1.807, 2.05) is 12.1 Å². The molecule has 0 fully saturated rings. The molecule has 0 atom stereocenters. The highest BCUT2D eigenvalue weighted by Gasteiger charge is 2.18. The standard InChI is InChI=1S/C17H14FN5O3/c1-25-12-5-2-10(3-6-12)9-23-16-13(26-17(23)24)7-4-11(15(16)18)8-14-19-21-22-20-14/h2-7H,8-9H2,1H3,(H,19,20,21,22). The molecular weight excluding hydrogens is 341 g/mol. The molecule has 0 spiro atoms. The van der Waals surface area contributed by atoms with Gasteiger partial charge >= 0.3 is 5.76 Å². The van der Waals surface area contributed by atoms with Gasteiger partial charge in [-0.1, -0.05) is 23.4 Å². The van der Waals surface area contributed by atoms with Gasteiger partial charge in [-0.05, 0) is 29.3 Å². The molecule has 0 amide bonds. The summed E-state index contributed by atoms with van der Waals surface area (Å²) in [6.07, 6.45) is 0.153. The number of fused-ring (bicyclic) bond motifs is 1. The first-order valence-corrected chi connectivity index (χ1v) is 7.81. The van der Waals surface area contributed by atoms with Gasteiger partial charge in [0, 0.05) is 6.42 Å². The molecule has 0 aliphatic carbocycles. The van der Waals surface area contributed by atoms with E-state index in [1.165, 1.54) is 4.57 Å². The molecule has 0 saturated heterocycles. The summed E-state index contributed by atoms with van der Waals surface area (Å²) in [5, 5.41) is 13.4. The molecule has 4 rings (SSSR count). The predicted molar refractivity (Wildman–Crippen MR) is 89.5 cm³/mol. The van der Waals surface area contributed by atoms with Crippen LogP contribution in [0.15, 0.2) is 45.6 Å². The molecule has 8 nitrogen and oxygen atoms in total. The van der Waals surface area contributed by atoms with E-state index in [4.69, 9.17) is 9.15 Å². The van der Waals surface area contributed by atoms with E-state index in [0.717, 1.165) is 5.56 Å². The maximum atomic E-state index is 15.0. The van der Waals surface area contributed by atoms with Gasteiger partial charge in [-0.3, -0.25) is 4.57 Å². The summed E-state index contributed by atoms with van der Waals surface area (Å²) in [6.45, 7) is 0.179. The van der Waals surface area contributed by atoms with Crippen LogP contribution in [0.1, 0.15) is 17.0 Å². The third kappa shape index (κ3) is 2.83. The van der Waals surface area contributed by atoms with Crippen molar-refractivity contribution in [2.24, 2.45) is 0 Å². The number of nitrogens with zero attached hydrogens (tertiary/aromatic N) is 4. The zero-order valence-electron chi connectivity index (χ0n) is 13.8. The number of benzene rings is 2. The number of hydrogen-bond acceptors (Lipinski definition) is 6. The van der Waals surface area contributed by atoms with Gasteiger partial charge in [0.25, 0.3) is 0 Å². The summed E-state index contributed by atoms with van der Waals surface area (Å²) in [6, 6.07) is 10.3. The summed E-state index contributed by atoms with van der Waals surface area (Å²) < 4.78 is 26.6. The summed E-state index contributed by atoms with van der Waals surface area (Å²) in [4.78, 5) is 12.2. The Bertz CT molecular complexity index is 1100. The van der Waals surface area contributed by atoms with Crippen molar-refractivity contribution in [3.63, 3.8) is 0 Å². The zero-order valence-corrected chi connectivity index (χ0v) is 13.8. The SMILES string of the molecule is COc1ccc(Cn2c(=O)oc3ccc(Cc4nn[nH]n4)c(F)c32)cc1. The first kappa shape index (κ1) is 16.0. The molecule has 132 valence electrons. The number of aromatic nitrogens is 5. The van der Waals surface area contributed by atoms with Crippen LogP contribution in [0.3, 0.4) is 0 Å². The third-order valence-corrected chi connectivity index (χ3v) is 4.08. The quantitative estimate of drug-likeness (QED) is 0.587. The highest BCUT2D eigenvalue weighted by atomic mass is 19.1. The van der Waals surface area contributed by atoms with Crippen LogP contribution in [0.25, 0.3) is 11.1 Å². The fourth-order valence-electron chi connectivity index (χ4n) is 2.78. The molecule has 2 heterocycles. The van der Waals surface area contributed by atoms with Gasteiger partial charge < -0.3 is 9.15 Å². The molecule has 9 heteroatoms. The number of tetrazole rings is 1. The van der Waals surface area contributed by atoms with Crippen molar-refractivity contribution in [3.05, 3.63) is 69.7 Å². The van der Waals surface area contributed by atoms with Crippen LogP contribution in [0.4, 0.5) is 4.39 Å². The van der Waals surface area contributed by atoms with E-state index in [9.17, 15) is 4.79 Å². The number of halogens is 1. The molecule has 26 heavy (non-hydrogen) atoms. The fraction of sp³-hybridized carbons (Fsp3) is 0.176. The van der Waals surface area contributed by atoms with E-state index >= 15 is 4.39 Å². The molecule has 0 aliphatic rings. The molecule has 2 aromatic carbocycles. The van der Waals surface area contributed by atoms with Gasteiger partial charge in [0.05, 0.1) is 13.7 Å². The number of aromatic amines is 1. The lowest BCUT2D eigenvalue weighted by molar-refractivity contribution is 0.414. The maximum Gasteiger partial charge on any atom is 0.420 e. The number of H-pyrrole nitrogens is 1. The second-order valence-corrected chi connectivity index (χ2v) is 5.69. The van der Waals surface area contributed by atoms with Crippen LogP contribution in [-0.2, 0) is 13.0 Å². The van der Waals surface area contributed by atoms with Crippen LogP contribution < -0.4 is 10.5 Å². The lowest BCUT2D eigenvalue weighted by atomic mass is 10.1. The van der Waals surface area contributed by atoms with Crippen molar-refractivity contribution < 1.29 is 13.5 Å². The first-order valence-electron chi connectivity index (χ1n) is 7.81. The minimum absolute atomic E-state index is 0.117. The van der Waals surface area contributed by atoms with Crippen LogP contribution in [0.2, 0.25) is 0 Å². The molecule has 0 unspecified atom stereocenters. The molecule has 2 aromatic heterocycles. The molecule has 0 saturated carbocycles. The van der Waals surface area contributed by atoms with Crippen LogP contribution in [0.5, 0.6) is 5.75 Å². The monoisotopic (exact) mass is 355 g/mol. The average molecular weight is 355 g/mol. The van der Waals surface area contributed by atoms with Crippen molar-refractivity contribution in [2.75, 3.05) is 7.11 Å². The number of oxazole rings is 1. The summed E-state index contributed by atoms with van der Waals surface area (Å²) >= 11 is 0. The van der Waals surface area contributed by atoms with Crippen molar-refractivity contribution in [1.82, 2.24) is 25.2 Å². The zero-order chi connectivity index (χ0) is 18.1. The third-order valence-electron chi connectivity index (χ3n) is 4.08. The Labute approximate surface area is 146 Å². The average Bonchev–Trinajstić information content (AvgIpc) is 3.27. The maximum absolute atomic E-state index is 15.0. The van der Waals surface area contributed by atoms with Crippen molar-refractivity contribution in [2.45, 2.75) is 13.0 Å². The van der Waals surface area contributed by atoms with E-state index in [1.54, 1.807) is 31.4 Å². The van der Waals surface area contributed by atoms with Crippen molar-refractivity contribution in [3.8, 4) is 5.75 Å². The minimum atomic E-state index is -0.619. The molecule has 0 bridgehead atoms. The Hall–Kier alpha value is -3.49. The summed E-state index contributed by atoms with van der Waals surface area (Å²) in [5.41, 5.74) is 1.48. The summed E-state index contributed by atoms with van der Waals surface area (Å²) in [7, 11) is 1.57. The van der Waals surface area contributed by atoms with Crippen LogP contribution in [0, 0.1) is 5.82 Å². The van der Waals surface area contributed by atoms with E-state index in [0.29, 0.717) is 17.1 Å². The highest BCUT2D eigenvalue weighted by molar-refractivity contribution is 5.75. The number of ether oxygens (including phenoxy) is 1. The topological polar surface area (TPSA) is 98.8 Å². The Kier molecular flexibility index (Phi) is 3.96. The van der Waals surface area contributed by atoms with E-state index in [2.05, 4.69) is 20.6 Å². The molecule has 4 aromatic rings. The van der Waals surface area contributed by atoms with Crippen molar-refractivity contribution >= 4 is 11.1 Å². The highest BCUT2D eigenvalue weighted by Crippen LogP contribution is 2.23.